The zero-order valence-electron chi connectivity index (χ0n) is 28.2. The summed E-state index contributed by atoms with van der Waals surface area (Å²) in [5, 5.41) is 17.0. The minimum absolute atomic E-state index is 0.371. The number of nitrogens with one attached hydrogen (secondary N) is 3. The maximum absolute atomic E-state index is 11.4. The van der Waals surface area contributed by atoms with Crippen molar-refractivity contribution in [3.63, 3.8) is 0 Å². The van der Waals surface area contributed by atoms with Crippen LogP contribution in [0.1, 0.15) is 93.6 Å². The Kier molecular flexibility index (Phi) is 11.5. The molecule has 7 aromatic rings. The molecule has 258 valence electrons. The first-order valence-corrected chi connectivity index (χ1v) is 17.5. The van der Waals surface area contributed by atoms with Crippen molar-refractivity contribution < 1.29 is 13.6 Å². The van der Waals surface area contributed by atoms with Gasteiger partial charge in [0.25, 0.3) is 0 Å². The molecule has 1 aromatic carbocycles. The molecule has 0 unspecified atom stereocenters. The van der Waals surface area contributed by atoms with Gasteiger partial charge in [0.2, 0.25) is 0 Å². The van der Waals surface area contributed by atoms with E-state index in [-0.39, 0.29) is 5.76 Å². The van der Waals surface area contributed by atoms with Crippen molar-refractivity contribution in [2.75, 3.05) is 5.75 Å². The van der Waals surface area contributed by atoms with Gasteiger partial charge in [-0.3, -0.25) is 0 Å². The highest BCUT2D eigenvalue weighted by molar-refractivity contribution is 7.99. The maximum Gasteiger partial charge on any atom is 0.461 e. The third-order valence-corrected chi connectivity index (χ3v) is 9.74. The number of benzene rings is 1. The van der Waals surface area contributed by atoms with Gasteiger partial charge in [0.05, 0.1) is 21.8 Å². The number of fused-ring (bicyclic) bond motifs is 5. The van der Waals surface area contributed by atoms with Gasteiger partial charge in [0.15, 0.2) is 16.9 Å². The first-order valence-electron chi connectivity index (χ1n) is 16.5. The predicted octanol–water partition coefficient (Wildman–Crippen LogP) is 6.85. The second-order valence-corrected chi connectivity index (χ2v) is 13.0. The summed E-state index contributed by atoms with van der Waals surface area (Å²) in [5.41, 5.74) is 6.64. The number of unbranched alkanes of at least 4 members (excludes halogenated alkanes) is 9. The first-order chi connectivity index (χ1) is 23.2. The smallest absolute Gasteiger partial charge is 0.322 e. The van der Waals surface area contributed by atoms with E-state index < -0.39 is 11.5 Å². The number of nitrogens with zero attached hydrogens (tertiary/aromatic N) is 5. The third-order valence-electron chi connectivity index (χ3n) is 8.47. The number of aromatic amines is 3. The summed E-state index contributed by atoms with van der Waals surface area (Å²) < 4.78 is 18.1. The summed E-state index contributed by atoms with van der Waals surface area (Å²) in [6.45, 7) is 9.88. The molecule has 0 atom stereocenters. The number of aryl methyl sites for hydroxylation is 4. The molecule has 6 aromatic heterocycles. The van der Waals surface area contributed by atoms with Crippen LogP contribution in [0.2, 0.25) is 0 Å². The normalized spacial score (nSPS) is 11.4. The fourth-order valence-corrected chi connectivity index (χ4v) is 6.72. The van der Waals surface area contributed by atoms with E-state index in [0.29, 0.717) is 11.3 Å². The number of hydrogen-bond acceptors (Lipinski definition) is 9. The third kappa shape index (κ3) is 7.56. The van der Waals surface area contributed by atoms with Crippen LogP contribution in [0, 0.1) is 27.7 Å². The standard InChI is InChI=1S/C17H29N3O2S.C10H8N2O2.C6H7N3O2/c1-3-4-5-6-7-8-9-10-11-12-13-23-15-14(2)18-20-16(15)19-22-17(20)21;1-6-7-4-2-3-5-8(7)12-9(6)11-14-10(12)13;1-3-4(2)7-9-5(3)8-11-6(9)10/h19H,3-13H2,1-2H3;2-5,11H,1H3;8H,1-2H3. The van der Waals surface area contributed by atoms with E-state index in [1.54, 1.807) is 16.2 Å². The lowest BCUT2D eigenvalue weighted by Gasteiger charge is -2.02. The second-order valence-electron chi connectivity index (χ2n) is 11.9. The fraction of sp³-hybridized carbons (Fsp3) is 0.485. The van der Waals surface area contributed by atoms with Crippen molar-refractivity contribution in [3.05, 3.63) is 78.4 Å². The average Bonchev–Trinajstić information content (AvgIpc) is 3.92. The highest BCUT2D eigenvalue weighted by Gasteiger charge is 2.15. The van der Waals surface area contributed by atoms with Crippen LogP contribution in [-0.4, -0.2) is 44.9 Å². The number of H-pyrrole nitrogens is 3. The molecule has 0 radical (unpaired) electrons. The summed E-state index contributed by atoms with van der Waals surface area (Å²) in [7, 11) is 0. The van der Waals surface area contributed by atoms with E-state index in [4.69, 9.17) is 9.05 Å². The summed E-state index contributed by atoms with van der Waals surface area (Å²) in [6.07, 6.45) is 13.5. The highest BCUT2D eigenvalue weighted by Crippen LogP contribution is 2.27. The topological polar surface area (TPSA) is 177 Å². The Hall–Kier alpha value is -4.66. The molecule has 6 heterocycles. The van der Waals surface area contributed by atoms with Crippen molar-refractivity contribution in [1.29, 1.82) is 0 Å². The Labute approximate surface area is 279 Å². The molecule has 0 bridgehead atoms. The van der Waals surface area contributed by atoms with Gasteiger partial charge < -0.3 is 13.6 Å². The van der Waals surface area contributed by atoms with Crippen LogP contribution < -0.4 is 17.3 Å². The molecule has 48 heavy (non-hydrogen) atoms. The molecule has 15 heteroatoms. The number of aromatic nitrogens is 8. The minimum atomic E-state index is -0.476. The molecule has 0 saturated heterocycles. The van der Waals surface area contributed by atoms with Gasteiger partial charge in [-0.05, 0) is 45.9 Å². The Morgan fingerprint density at radius 1 is 0.646 bits per heavy atom. The molecule has 0 aliphatic rings. The zero-order valence-corrected chi connectivity index (χ0v) is 29.0. The summed E-state index contributed by atoms with van der Waals surface area (Å²) in [6, 6.07) is 7.75. The monoisotopic (exact) mass is 680 g/mol. The van der Waals surface area contributed by atoms with Gasteiger partial charge in [-0.25, -0.2) is 18.8 Å². The Morgan fingerprint density at radius 3 is 1.85 bits per heavy atom. The van der Waals surface area contributed by atoms with Crippen LogP contribution in [0.15, 0.2) is 57.1 Å². The molecule has 14 nitrogen and oxygen atoms in total. The van der Waals surface area contributed by atoms with E-state index in [9.17, 15) is 14.4 Å². The Balaban J connectivity index is 0.000000152. The van der Waals surface area contributed by atoms with Gasteiger partial charge >= 0.3 is 17.3 Å². The molecular formula is C33H44N8O6S. The van der Waals surface area contributed by atoms with Gasteiger partial charge in [0.1, 0.15) is 0 Å². The number of thioether (sulfide) groups is 1. The lowest BCUT2D eigenvalue weighted by Crippen LogP contribution is -2.05. The lowest BCUT2D eigenvalue weighted by molar-refractivity contribution is 0.382. The molecule has 0 saturated carbocycles. The highest BCUT2D eigenvalue weighted by atomic mass is 32.2. The van der Waals surface area contributed by atoms with Crippen LogP contribution in [-0.2, 0) is 0 Å². The van der Waals surface area contributed by atoms with Gasteiger partial charge in [-0.2, -0.15) is 25.7 Å². The lowest BCUT2D eigenvalue weighted by atomic mass is 10.1. The number of rotatable bonds is 12. The van der Waals surface area contributed by atoms with Gasteiger partial charge in [-0.1, -0.05) is 82.9 Å². The molecule has 0 aliphatic heterocycles. The molecule has 0 aliphatic carbocycles. The van der Waals surface area contributed by atoms with Crippen LogP contribution >= 0.6 is 11.8 Å². The Morgan fingerprint density at radius 2 is 1.19 bits per heavy atom. The predicted molar refractivity (Wildman–Crippen MR) is 185 cm³/mol. The fourth-order valence-electron chi connectivity index (χ4n) is 5.65. The molecule has 0 amide bonds. The molecule has 3 N–H and O–H groups in total. The van der Waals surface area contributed by atoms with E-state index in [2.05, 4.69) is 37.1 Å². The van der Waals surface area contributed by atoms with E-state index in [1.807, 2.05) is 52.0 Å². The minimum Gasteiger partial charge on any atom is -0.322 e. The molecule has 0 fully saturated rings. The number of para-hydroxylation sites is 1. The van der Waals surface area contributed by atoms with Crippen molar-refractivity contribution in [2.45, 2.75) is 104 Å². The van der Waals surface area contributed by atoms with Crippen LogP contribution in [0.3, 0.4) is 0 Å². The Bertz CT molecular complexity index is 2250. The van der Waals surface area contributed by atoms with Gasteiger partial charge in [0, 0.05) is 16.5 Å². The van der Waals surface area contributed by atoms with Crippen LogP contribution in [0.25, 0.3) is 27.8 Å². The van der Waals surface area contributed by atoms with Crippen LogP contribution in [0.5, 0.6) is 0 Å². The van der Waals surface area contributed by atoms with E-state index >= 15 is 0 Å². The SMILES string of the molecule is CCCCCCCCCCCCSc1c(C)nn2c(=O)o[nH]c12.Cc1c2ccccc2n2c(=O)o[nH]c12.Cc1nn2c(=O)o[nH]c2c1C. The van der Waals surface area contributed by atoms with E-state index in [0.717, 1.165) is 49.7 Å². The van der Waals surface area contributed by atoms with Crippen molar-refractivity contribution in [2.24, 2.45) is 0 Å². The average molecular weight is 681 g/mol. The first kappa shape index (κ1) is 34.7. The summed E-state index contributed by atoms with van der Waals surface area (Å²) in [4.78, 5) is 34.6. The molecular weight excluding hydrogens is 636 g/mol. The second kappa shape index (κ2) is 16.0. The maximum atomic E-state index is 11.4. The summed E-state index contributed by atoms with van der Waals surface area (Å²) in [5.74, 6) is -0.235. The van der Waals surface area contributed by atoms with Gasteiger partial charge in [-0.15, -0.1) is 20.8 Å². The van der Waals surface area contributed by atoms with Crippen LogP contribution in [0.4, 0.5) is 0 Å². The zero-order chi connectivity index (χ0) is 34.2. The molecule has 7 rings (SSSR count). The molecule has 0 spiro atoms. The van der Waals surface area contributed by atoms with E-state index in [1.165, 1.54) is 73.2 Å². The number of hydrogen-bond donors (Lipinski definition) is 3. The summed E-state index contributed by atoms with van der Waals surface area (Å²) >= 11 is 1.76. The van der Waals surface area contributed by atoms with Crippen molar-refractivity contribution in [3.8, 4) is 0 Å². The van der Waals surface area contributed by atoms with Crippen molar-refractivity contribution in [1.82, 2.24) is 39.1 Å². The largest absolute Gasteiger partial charge is 0.461 e. The van der Waals surface area contributed by atoms with Crippen molar-refractivity contribution >= 4 is 39.6 Å². The quantitative estimate of drug-likeness (QED) is 0.0920.